The summed E-state index contributed by atoms with van der Waals surface area (Å²) >= 11 is 1.79. The molecule has 0 aliphatic carbocycles. The van der Waals surface area contributed by atoms with E-state index in [9.17, 15) is 0 Å². The number of aromatic nitrogens is 4. The van der Waals surface area contributed by atoms with Gasteiger partial charge in [0, 0.05) is 47.6 Å². The van der Waals surface area contributed by atoms with Crippen LogP contribution in [0.5, 0.6) is 0 Å². The van der Waals surface area contributed by atoms with Gasteiger partial charge in [-0.2, -0.15) is 0 Å². The zero-order valence-electron chi connectivity index (χ0n) is 29.0. The van der Waals surface area contributed by atoms with Crippen LogP contribution in [0.15, 0.2) is 182 Å². The maximum atomic E-state index is 5.37. The van der Waals surface area contributed by atoms with Gasteiger partial charge >= 0.3 is 0 Å². The first kappa shape index (κ1) is 30.7. The Kier molecular flexibility index (Phi) is 7.00. The number of hydrogen-bond donors (Lipinski definition) is 0. The van der Waals surface area contributed by atoms with Crippen LogP contribution >= 0.6 is 11.3 Å². The molecule has 0 atom stereocenters. The minimum atomic E-state index is 0.624. The summed E-state index contributed by atoms with van der Waals surface area (Å²) in [6, 6.07) is 64.3. The van der Waals surface area contributed by atoms with Crippen LogP contribution < -0.4 is 0 Å². The lowest BCUT2D eigenvalue weighted by Gasteiger charge is -2.15. The van der Waals surface area contributed by atoms with Crippen LogP contribution in [0, 0.1) is 0 Å². The average molecular weight is 707 g/mol. The number of benzene rings is 8. The molecule has 11 aromatic rings. The zero-order valence-corrected chi connectivity index (χ0v) is 29.8. The van der Waals surface area contributed by atoms with Crippen LogP contribution in [-0.4, -0.2) is 19.5 Å². The van der Waals surface area contributed by atoms with Crippen LogP contribution in [0.3, 0.4) is 0 Å². The van der Waals surface area contributed by atoms with Gasteiger partial charge in [-0.25, -0.2) is 15.0 Å². The third kappa shape index (κ3) is 4.86. The number of nitrogens with zero attached hydrogens (tertiary/aromatic N) is 4. The van der Waals surface area contributed by atoms with E-state index >= 15 is 0 Å². The molecule has 4 nitrogen and oxygen atoms in total. The van der Waals surface area contributed by atoms with E-state index in [-0.39, 0.29) is 0 Å². The maximum Gasteiger partial charge on any atom is 0.166 e. The molecular formula is C49H30N4S. The Morgan fingerprint density at radius 2 is 0.907 bits per heavy atom. The molecule has 0 saturated heterocycles. The van der Waals surface area contributed by atoms with E-state index in [0.29, 0.717) is 17.5 Å². The Hall–Kier alpha value is -6.95. The van der Waals surface area contributed by atoms with Gasteiger partial charge in [0.15, 0.2) is 17.5 Å². The third-order valence-corrected chi connectivity index (χ3v) is 11.7. The van der Waals surface area contributed by atoms with Crippen molar-refractivity contribution in [1.82, 2.24) is 19.5 Å². The molecule has 0 aliphatic heterocycles. The SMILES string of the molecule is c1ccc(-c2nc(-c3ccccc3-n3c4ccccc4c4ccccc43)nc(-c3cccc4c3sc3ccccc34)n2)c(-c2ccc3ccccc3c2)c1. The average Bonchev–Trinajstić information content (AvgIpc) is 3.79. The van der Waals surface area contributed by atoms with E-state index in [1.807, 2.05) is 0 Å². The van der Waals surface area contributed by atoms with Crippen molar-refractivity contribution in [3.8, 4) is 51.0 Å². The normalized spacial score (nSPS) is 11.7. The molecule has 3 heterocycles. The molecule has 54 heavy (non-hydrogen) atoms. The standard InChI is InChI=1S/C49H30N4S/c1-2-15-32-30-33(29-28-31(32)14-1)34-16-3-4-20-39(34)47-50-48(52-49(51-47)41-23-13-22-38-37-19-8-12-27-45(37)54-46(38)41)40-21-7-11-26-44(40)53-42-24-9-5-17-35(42)36-18-6-10-25-43(36)53/h1-30H. The maximum absolute atomic E-state index is 5.37. The molecule has 0 amide bonds. The molecule has 0 bridgehead atoms. The van der Waals surface area contributed by atoms with Gasteiger partial charge in [-0.3, -0.25) is 0 Å². The van der Waals surface area contributed by atoms with Gasteiger partial charge in [-0.1, -0.05) is 140 Å². The summed E-state index contributed by atoms with van der Waals surface area (Å²) in [7, 11) is 0. The van der Waals surface area contributed by atoms with Crippen molar-refractivity contribution in [3.63, 3.8) is 0 Å². The minimum absolute atomic E-state index is 0.624. The summed E-state index contributed by atoms with van der Waals surface area (Å²) in [4.78, 5) is 16.1. The Balaban J connectivity index is 1.19. The van der Waals surface area contributed by atoms with E-state index in [4.69, 9.17) is 15.0 Å². The van der Waals surface area contributed by atoms with Crippen molar-refractivity contribution in [2.75, 3.05) is 0 Å². The van der Waals surface area contributed by atoms with E-state index in [2.05, 4.69) is 187 Å². The molecule has 0 saturated carbocycles. The van der Waals surface area contributed by atoms with Crippen molar-refractivity contribution in [3.05, 3.63) is 182 Å². The summed E-state index contributed by atoms with van der Waals surface area (Å²) in [5.41, 5.74) is 8.36. The molecule has 0 radical (unpaired) electrons. The number of fused-ring (bicyclic) bond motifs is 7. The van der Waals surface area contributed by atoms with Crippen LogP contribution in [0.25, 0.3) is 104 Å². The Morgan fingerprint density at radius 1 is 0.370 bits per heavy atom. The van der Waals surface area contributed by atoms with Crippen molar-refractivity contribution >= 4 is 64.1 Å². The second kappa shape index (κ2) is 12.3. The first-order chi connectivity index (χ1) is 26.8. The van der Waals surface area contributed by atoms with E-state index in [0.717, 1.165) is 44.5 Å². The Bertz CT molecular complexity index is 3190. The zero-order chi connectivity index (χ0) is 35.6. The van der Waals surface area contributed by atoms with Crippen LogP contribution in [0.1, 0.15) is 0 Å². The van der Waals surface area contributed by atoms with Gasteiger partial charge in [0.2, 0.25) is 0 Å². The van der Waals surface area contributed by atoms with Crippen molar-refractivity contribution in [2.24, 2.45) is 0 Å². The third-order valence-electron chi connectivity index (χ3n) is 10.5. The molecule has 0 unspecified atom stereocenters. The fourth-order valence-electron chi connectivity index (χ4n) is 7.99. The largest absolute Gasteiger partial charge is 0.309 e. The summed E-state index contributed by atoms with van der Waals surface area (Å²) in [5, 5.41) is 7.27. The van der Waals surface area contributed by atoms with Gasteiger partial charge in [0.05, 0.1) is 16.7 Å². The van der Waals surface area contributed by atoms with Gasteiger partial charge < -0.3 is 4.57 Å². The summed E-state index contributed by atoms with van der Waals surface area (Å²) in [6.07, 6.45) is 0. The predicted octanol–water partition coefficient (Wildman–Crippen LogP) is 13.2. The lowest BCUT2D eigenvalue weighted by Crippen LogP contribution is -2.04. The molecule has 0 N–H and O–H groups in total. The minimum Gasteiger partial charge on any atom is -0.309 e. The highest BCUT2D eigenvalue weighted by molar-refractivity contribution is 7.26. The summed E-state index contributed by atoms with van der Waals surface area (Å²) in [6.45, 7) is 0. The number of thiophene rings is 1. The summed E-state index contributed by atoms with van der Waals surface area (Å²) in [5.74, 6) is 1.91. The smallest absolute Gasteiger partial charge is 0.166 e. The van der Waals surface area contributed by atoms with E-state index in [1.165, 1.54) is 41.7 Å². The Morgan fingerprint density at radius 3 is 1.69 bits per heavy atom. The monoisotopic (exact) mass is 706 g/mol. The highest BCUT2D eigenvalue weighted by Gasteiger charge is 2.21. The highest BCUT2D eigenvalue weighted by Crippen LogP contribution is 2.41. The van der Waals surface area contributed by atoms with Crippen LogP contribution in [0.4, 0.5) is 0 Å². The topological polar surface area (TPSA) is 43.6 Å². The molecule has 5 heteroatoms. The quantitative estimate of drug-likeness (QED) is 0.179. The second-order valence-corrected chi connectivity index (χ2v) is 14.6. The highest BCUT2D eigenvalue weighted by atomic mass is 32.1. The van der Waals surface area contributed by atoms with Crippen molar-refractivity contribution in [1.29, 1.82) is 0 Å². The van der Waals surface area contributed by atoms with Crippen molar-refractivity contribution in [2.45, 2.75) is 0 Å². The van der Waals surface area contributed by atoms with E-state index < -0.39 is 0 Å². The van der Waals surface area contributed by atoms with Gasteiger partial charge in [-0.15, -0.1) is 11.3 Å². The molecule has 0 spiro atoms. The lowest BCUT2D eigenvalue weighted by molar-refractivity contribution is 1.07. The van der Waals surface area contributed by atoms with Gasteiger partial charge in [0.25, 0.3) is 0 Å². The predicted molar refractivity (Wildman–Crippen MR) is 226 cm³/mol. The van der Waals surface area contributed by atoms with Crippen molar-refractivity contribution < 1.29 is 0 Å². The molecular weight excluding hydrogens is 677 g/mol. The Labute approximate surface area is 315 Å². The lowest BCUT2D eigenvalue weighted by atomic mass is 9.96. The second-order valence-electron chi connectivity index (χ2n) is 13.6. The summed E-state index contributed by atoms with van der Waals surface area (Å²) < 4.78 is 4.76. The molecule has 252 valence electrons. The molecule has 0 fully saturated rings. The first-order valence-electron chi connectivity index (χ1n) is 18.1. The van der Waals surface area contributed by atoms with E-state index in [1.54, 1.807) is 11.3 Å². The molecule has 8 aromatic carbocycles. The number of hydrogen-bond acceptors (Lipinski definition) is 4. The first-order valence-corrected chi connectivity index (χ1v) is 18.9. The van der Waals surface area contributed by atoms with Gasteiger partial charge in [0.1, 0.15) is 0 Å². The molecule has 11 rings (SSSR count). The molecule has 0 aliphatic rings. The number of para-hydroxylation sites is 3. The fraction of sp³-hybridized carbons (Fsp3) is 0. The van der Waals surface area contributed by atoms with Crippen LogP contribution in [0.2, 0.25) is 0 Å². The number of rotatable bonds is 5. The fourth-order valence-corrected chi connectivity index (χ4v) is 9.20. The van der Waals surface area contributed by atoms with Crippen LogP contribution in [-0.2, 0) is 0 Å². The van der Waals surface area contributed by atoms with Gasteiger partial charge in [-0.05, 0) is 64.4 Å². The molecule has 3 aromatic heterocycles.